The Bertz CT molecular complexity index is 707. The second-order valence-electron chi connectivity index (χ2n) is 6.67. The first-order valence-corrected chi connectivity index (χ1v) is 8.60. The van der Waals surface area contributed by atoms with E-state index in [-0.39, 0.29) is 17.4 Å². The molecule has 0 radical (unpaired) electrons. The van der Waals surface area contributed by atoms with Gasteiger partial charge in [-0.2, -0.15) is 0 Å². The zero-order chi connectivity index (χ0) is 16.6. The summed E-state index contributed by atoms with van der Waals surface area (Å²) in [5, 5.41) is 3.19. The second kappa shape index (κ2) is 6.02. The Morgan fingerprint density at radius 2 is 2.33 bits per heavy atom. The fourth-order valence-electron chi connectivity index (χ4n) is 3.95. The van der Waals surface area contributed by atoms with Crippen LogP contribution in [0.3, 0.4) is 0 Å². The molecule has 2 heterocycles. The molecule has 2 fully saturated rings. The number of hydrogen-bond donors (Lipinski definition) is 1. The summed E-state index contributed by atoms with van der Waals surface area (Å²) in [5.41, 5.74) is 0.767. The predicted octanol–water partition coefficient (Wildman–Crippen LogP) is 2.34. The molecule has 6 nitrogen and oxygen atoms in total. The number of nitrogens with one attached hydrogen (secondary N) is 1. The van der Waals surface area contributed by atoms with Gasteiger partial charge in [0.2, 0.25) is 0 Å². The van der Waals surface area contributed by atoms with Gasteiger partial charge in [-0.3, -0.25) is 9.36 Å². The molecule has 2 aliphatic carbocycles. The number of hydrogen-bond acceptors (Lipinski definition) is 4. The maximum atomic E-state index is 12.5. The lowest BCUT2D eigenvalue weighted by Crippen LogP contribution is -2.67. The summed E-state index contributed by atoms with van der Waals surface area (Å²) in [5.74, 6) is 0.700. The molecule has 0 saturated heterocycles. The van der Waals surface area contributed by atoms with Crippen LogP contribution in [0.2, 0.25) is 0 Å². The molecule has 0 aromatic carbocycles. The predicted molar refractivity (Wildman–Crippen MR) is 88.9 cm³/mol. The summed E-state index contributed by atoms with van der Waals surface area (Å²) in [4.78, 5) is 20.9. The molecule has 24 heavy (non-hydrogen) atoms. The Kier molecular flexibility index (Phi) is 3.84. The number of nitrogens with zero attached hydrogens (tertiary/aromatic N) is 3. The first-order valence-electron chi connectivity index (χ1n) is 8.60. The highest BCUT2D eigenvalue weighted by Gasteiger charge is 2.59. The molecular weight excluding hydrogens is 304 g/mol. The van der Waals surface area contributed by atoms with E-state index in [9.17, 15) is 4.79 Å². The fraction of sp³-hybridized carbons (Fsp3) is 0.500. The van der Waals surface area contributed by atoms with Crippen molar-refractivity contribution in [3.63, 3.8) is 0 Å². The normalized spacial score (nSPS) is 24.2. The van der Waals surface area contributed by atoms with E-state index in [0.717, 1.165) is 31.7 Å². The Balaban J connectivity index is 1.42. The van der Waals surface area contributed by atoms with Gasteiger partial charge in [0.05, 0.1) is 11.7 Å². The lowest BCUT2D eigenvalue weighted by Gasteiger charge is -2.61. The molecule has 2 aromatic rings. The van der Waals surface area contributed by atoms with E-state index < -0.39 is 0 Å². The van der Waals surface area contributed by atoms with Gasteiger partial charge in [-0.05, 0) is 38.3 Å². The molecule has 2 aromatic heterocycles. The van der Waals surface area contributed by atoms with Crippen molar-refractivity contribution >= 4 is 5.91 Å². The molecule has 0 bridgehead atoms. The van der Waals surface area contributed by atoms with Crippen LogP contribution in [0.1, 0.15) is 43.0 Å². The van der Waals surface area contributed by atoms with Crippen LogP contribution in [-0.4, -0.2) is 39.2 Å². The molecule has 1 amide bonds. The zero-order valence-electron chi connectivity index (χ0n) is 13.8. The van der Waals surface area contributed by atoms with Crippen molar-refractivity contribution in [2.24, 2.45) is 5.41 Å². The van der Waals surface area contributed by atoms with Crippen LogP contribution >= 0.6 is 0 Å². The maximum absolute atomic E-state index is 12.5. The molecule has 0 aliphatic heterocycles. The summed E-state index contributed by atoms with van der Waals surface area (Å²) >= 11 is 0. The van der Waals surface area contributed by atoms with Gasteiger partial charge >= 0.3 is 0 Å². The Morgan fingerprint density at radius 3 is 2.92 bits per heavy atom. The minimum atomic E-state index is -0.0501. The molecule has 1 N–H and O–H groups in total. The first-order chi connectivity index (χ1) is 11.7. The van der Waals surface area contributed by atoms with Crippen LogP contribution in [-0.2, 0) is 4.74 Å². The first kappa shape index (κ1) is 15.3. The van der Waals surface area contributed by atoms with Gasteiger partial charge in [-0.15, -0.1) is 0 Å². The summed E-state index contributed by atoms with van der Waals surface area (Å²) in [6, 6.07) is 3.87. The number of rotatable bonds is 5. The van der Waals surface area contributed by atoms with E-state index in [2.05, 4.69) is 15.3 Å². The summed E-state index contributed by atoms with van der Waals surface area (Å²) in [7, 11) is 0. The third kappa shape index (κ3) is 2.41. The number of amides is 1. The molecule has 126 valence electrons. The van der Waals surface area contributed by atoms with Crippen molar-refractivity contribution < 1.29 is 9.53 Å². The SMILES string of the molecule is CCO[C@@H]1C[C@@H](NC(=O)c2ccc(-n3ccnc3)nc2)C12CCC2. The quantitative estimate of drug-likeness (QED) is 0.916. The van der Waals surface area contributed by atoms with E-state index in [1.165, 1.54) is 6.42 Å². The largest absolute Gasteiger partial charge is 0.378 e. The average molecular weight is 326 g/mol. The number of aromatic nitrogens is 3. The van der Waals surface area contributed by atoms with E-state index in [1.807, 2.05) is 29.8 Å². The minimum Gasteiger partial charge on any atom is -0.378 e. The molecular formula is C18H22N4O2. The minimum absolute atomic E-state index is 0.0501. The third-order valence-corrected chi connectivity index (χ3v) is 5.52. The third-order valence-electron chi connectivity index (χ3n) is 5.52. The highest BCUT2D eigenvalue weighted by molar-refractivity contribution is 5.94. The van der Waals surface area contributed by atoms with Crippen LogP contribution < -0.4 is 5.32 Å². The Labute approximate surface area is 141 Å². The van der Waals surface area contributed by atoms with Gasteiger partial charge in [0.1, 0.15) is 12.1 Å². The number of carbonyl (C=O) groups is 1. The van der Waals surface area contributed by atoms with Gasteiger partial charge in [0.25, 0.3) is 5.91 Å². The van der Waals surface area contributed by atoms with Gasteiger partial charge in [0, 0.05) is 36.7 Å². The summed E-state index contributed by atoms with van der Waals surface area (Å²) in [6.45, 7) is 2.78. The standard InChI is InChI=1S/C18H22N4O2/c1-2-24-15-10-14(18(15)6-3-7-18)21-17(23)13-4-5-16(20-11-13)22-9-8-19-12-22/h4-5,8-9,11-12,14-15H,2-3,6-7,10H2,1H3,(H,21,23)/t14-,15-/m1/s1. The molecule has 2 saturated carbocycles. The lowest BCUT2D eigenvalue weighted by atomic mass is 9.51. The Morgan fingerprint density at radius 1 is 1.46 bits per heavy atom. The summed E-state index contributed by atoms with van der Waals surface area (Å²) < 4.78 is 7.65. The van der Waals surface area contributed by atoms with Gasteiger partial charge in [-0.25, -0.2) is 9.97 Å². The van der Waals surface area contributed by atoms with Crippen LogP contribution in [0.4, 0.5) is 0 Å². The monoisotopic (exact) mass is 326 g/mol. The number of imidazole rings is 1. The van der Waals surface area contributed by atoms with Gasteiger partial charge in [-0.1, -0.05) is 6.42 Å². The van der Waals surface area contributed by atoms with Crippen molar-refractivity contribution in [2.75, 3.05) is 6.61 Å². The molecule has 0 unspecified atom stereocenters. The summed E-state index contributed by atoms with van der Waals surface area (Å²) in [6.07, 6.45) is 11.6. The Hall–Kier alpha value is -2.21. The second-order valence-corrected chi connectivity index (χ2v) is 6.67. The maximum Gasteiger partial charge on any atom is 0.253 e. The molecule has 6 heteroatoms. The van der Waals surface area contributed by atoms with Gasteiger partial charge < -0.3 is 10.1 Å². The van der Waals surface area contributed by atoms with E-state index in [0.29, 0.717) is 11.7 Å². The highest BCUT2D eigenvalue weighted by Crippen LogP contribution is 2.57. The fourth-order valence-corrected chi connectivity index (χ4v) is 3.95. The van der Waals surface area contributed by atoms with E-state index in [4.69, 9.17) is 4.74 Å². The lowest BCUT2D eigenvalue weighted by molar-refractivity contribution is -0.169. The zero-order valence-corrected chi connectivity index (χ0v) is 13.8. The number of ether oxygens (including phenoxy) is 1. The van der Waals surface area contributed by atoms with Crippen molar-refractivity contribution in [1.82, 2.24) is 19.9 Å². The molecule has 4 rings (SSSR count). The van der Waals surface area contributed by atoms with Crippen molar-refractivity contribution in [2.45, 2.75) is 44.8 Å². The van der Waals surface area contributed by atoms with Gasteiger partial charge in [0.15, 0.2) is 0 Å². The van der Waals surface area contributed by atoms with Crippen molar-refractivity contribution in [3.8, 4) is 5.82 Å². The van der Waals surface area contributed by atoms with Crippen LogP contribution in [0.5, 0.6) is 0 Å². The average Bonchev–Trinajstić information content (AvgIpc) is 3.06. The highest BCUT2D eigenvalue weighted by atomic mass is 16.5. The van der Waals surface area contributed by atoms with Crippen molar-refractivity contribution in [1.29, 1.82) is 0 Å². The van der Waals surface area contributed by atoms with Crippen LogP contribution in [0.15, 0.2) is 37.1 Å². The van der Waals surface area contributed by atoms with E-state index >= 15 is 0 Å². The molecule has 2 aliphatic rings. The number of pyridine rings is 1. The molecule has 1 spiro atoms. The van der Waals surface area contributed by atoms with Crippen LogP contribution in [0, 0.1) is 5.41 Å². The van der Waals surface area contributed by atoms with Crippen molar-refractivity contribution in [3.05, 3.63) is 42.6 Å². The number of carbonyl (C=O) groups excluding carboxylic acids is 1. The molecule has 2 atom stereocenters. The van der Waals surface area contributed by atoms with Crippen LogP contribution in [0.25, 0.3) is 5.82 Å². The topological polar surface area (TPSA) is 69.0 Å². The van der Waals surface area contributed by atoms with E-state index in [1.54, 1.807) is 18.7 Å². The smallest absolute Gasteiger partial charge is 0.253 e.